The summed E-state index contributed by atoms with van der Waals surface area (Å²) in [6.45, 7) is 7.97. The highest BCUT2D eigenvalue weighted by molar-refractivity contribution is 7.86. The van der Waals surface area contributed by atoms with Crippen LogP contribution in [0, 0.1) is 5.92 Å². The summed E-state index contributed by atoms with van der Waals surface area (Å²) in [7, 11) is -0.257. The van der Waals surface area contributed by atoms with Crippen LogP contribution in [0.3, 0.4) is 0 Å². The lowest BCUT2D eigenvalue weighted by atomic mass is 9.87. The number of carbonyl (C=O) groups is 1. The molecule has 1 aliphatic heterocycles. The Hall–Kier alpha value is -1.64. The van der Waals surface area contributed by atoms with Crippen LogP contribution in [0.2, 0.25) is 0 Å². The second kappa shape index (κ2) is 8.58. The van der Waals surface area contributed by atoms with Crippen molar-refractivity contribution in [2.24, 2.45) is 5.92 Å². The number of hydrogen-bond donors (Lipinski definition) is 2. The third-order valence-corrected chi connectivity index (χ3v) is 6.86. The predicted molar refractivity (Wildman–Crippen MR) is 109 cm³/mol. The molecule has 2 rings (SSSR count). The van der Waals surface area contributed by atoms with Gasteiger partial charge in [-0.3, -0.25) is 0 Å². The molecule has 1 heterocycles. The normalized spacial score (nSPS) is 17.1. The lowest BCUT2D eigenvalue weighted by Crippen LogP contribution is -2.46. The summed E-state index contributed by atoms with van der Waals surface area (Å²) < 4.78 is 27.0. The van der Waals surface area contributed by atoms with E-state index in [9.17, 15) is 13.2 Å². The van der Waals surface area contributed by atoms with Crippen molar-refractivity contribution < 1.29 is 13.2 Å². The van der Waals surface area contributed by atoms with Crippen molar-refractivity contribution in [3.05, 3.63) is 29.8 Å². The topological polar surface area (TPSA) is 81.8 Å². The molecule has 0 unspecified atom stereocenters. The van der Waals surface area contributed by atoms with Crippen molar-refractivity contribution in [2.75, 3.05) is 39.0 Å². The molecule has 152 valence electrons. The fraction of sp³-hybridized carbons (Fsp3) is 0.632. The molecule has 0 aromatic heterocycles. The highest BCUT2D eigenvalue weighted by atomic mass is 32.2. The smallest absolute Gasteiger partial charge is 0.319 e. The van der Waals surface area contributed by atoms with Gasteiger partial charge in [0.25, 0.3) is 10.2 Å². The summed E-state index contributed by atoms with van der Waals surface area (Å²) in [5.41, 5.74) is 2.05. The Balaban J connectivity index is 1.77. The Labute approximate surface area is 163 Å². The third kappa shape index (κ3) is 5.92. The van der Waals surface area contributed by atoms with Crippen LogP contribution in [0.1, 0.15) is 39.2 Å². The number of amides is 2. The van der Waals surface area contributed by atoms with Gasteiger partial charge in [-0.05, 0) is 41.9 Å². The SMILES string of the molecule is CN(C)S(=O)(=O)N1CCC(CNC(=O)Nc2ccc(C(C)(C)C)cc2)CC1. The van der Waals surface area contributed by atoms with Crippen LogP contribution < -0.4 is 10.6 Å². The van der Waals surface area contributed by atoms with E-state index in [0.29, 0.717) is 19.6 Å². The summed E-state index contributed by atoms with van der Waals surface area (Å²) >= 11 is 0. The molecule has 1 aliphatic rings. The van der Waals surface area contributed by atoms with Crippen LogP contribution in [0.4, 0.5) is 10.5 Å². The standard InChI is InChI=1S/C19H32N4O3S/c1-19(2,3)16-6-8-17(9-7-16)21-18(24)20-14-15-10-12-23(13-11-15)27(25,26)22(4)5/h6-9,15H,10-14H2,1-5H3,(H2,20,21,24). The van der Waals surface area contributed by atoms with E-state index in [0.717, 1.165) is 18.5 Å². The molecule has 0 atom stereocenters. The van der Waals surface area contributed by atoms with Gasteiger partial charge in [0.2, 0.25) is 0 Å². The molecule has 0 bridgehead atoms. The van der Waals surface area contributed by atoms with Crippen molar-refractivity contribution in [1.82, 2.24) is 13.9 Å². The second-order valence-corrected chi connectivity index (χ2v) is 10.4. The van der Waals surface area contributed by atoms with Crippen LogP contribution >= 0.6 is 0 Å². The fourth-order valence-corrected chi connectivity index (χ4v) is 4.18. The first-order valence-electron chi connectivity index (χ1n) is 9.33. The molecule has 8 heteroatoms. The zero-order valence-electron chi connectivity index (χ0n) is 16.9. The summed E-state index contributed by atoms with van der Waals surface area (Å²) in [4.78, 5) is 12.1. The average molecular weight is 397 g/mol. The molecule has 0 radical (unpaired) electrons. The van der Waals surface area contributed by atoms with Crippen molar-refractivity contribution in [3.8, 4) is 0 Å². The van der Waals surface area contributed by atoms with E-state index in [2.05, 4.69) is 31.4 Å². The molecule has 0 aliphatic carbocycles. The Bertz CT molecular complexity index is 731. The molecular weight excluding hydrogens is 364 g/mol. The van der Waals surface area contributed by atoms with Gasteiger partial charge in [0.1, 0.15) is 0 Å². The summed E-state index contributed by atoms with van der Waals surface area (Å²) in [6.07, 6.45) is 1.49. The number of rotatable bonds is 5. The van der Waals surface area contributed by atoms with Gasteiger partial charge in [-0.1, -0.05) is 32.9 Å². The third-order valence-electron chi connectivity index (χ3n) is 4.92. The zero-order chi connectivity index (χ0) is 20.2. The van der Waals surface area contributed by atoms with Crippen LogP contribution in [0.5, 0.6) is 0 Å². The maximum absolute atomic E-state index is 12.1. The number of nitrogens with zero attached hydrogens (tertiary/aromatic N) is 2. The van der Waals surface area contributed by atoms with Crippen molar-refractivity contribution in [3.63, 3.8) is 0 Å². The quantitative estimate of drug-likeness (QED) is 0.803. The molecule has 1 aromatic rings. The molecular formula is C19H32N4O3S. The molecule has 27 heavy (non-hydrogen) atoms. The molecule has 0 spiro atoms. The molecule has 1 saturated heterocycles. The Morgan fingerprint density at radius 2 is 1.70 bits per heavy atom. The van der Waals surface area contributed by atoms with Gasteiger partial charge in [0.05, 0.1) is 0 Å². The average Bonchev–Trinajstić information content (AvgIpc) is 2.60. The van der Waals surface area contributed by atoms with Gasteiger partial charge in [-0.15, -0.1) is 0 Å². The first kappa shape index (κ1) is 21.7. The number of urea groups is 1. The van der Waals surface area contributed by atoms with E-state index in [-0.39, 0.29) is 17.4 Å². The van der Waals surface area contributed by atoms with Gasteiger partial charge < -0.3 is 10.6 Å². The van der Waals surface area contributed by atoms with E-state index in [1.54, 1.807) is 14.1 Å². The highest BCUT2D eigenvalue weighted by Gasteiger charge is 2.29. The first-order valence-corrected chi connectivity index (χ1v) is 10.7. The maximum atomic E-state index is 12.1. The van der Waals surface area contributed by atoms with Gasteiger partial charge in [0, 0.05) is 39.4 Å². The summed E-state index contributed by atoms with van der Waals surface area (Å²) in [5.74, 6) is 0.285. The number of anilines is 1. The van der Waals surface area contributed by atoms with Gasteiger partial charge in [-0.25, -0.2) is 4.79 Å². The molecule has 7 nitrogen and oxygen atoms in total. The van der Waals surface area contributed by atoms with E-state index in [1.807, 2.05) is 24.3 Å². The maximum Gasteiger partial charge on any atom is 0.319 e. The molecule has 2 amide bonds. The largest absolute Gasteiger partial charge is 0.338 e. The lowest BCUT2D eigenvalue weighted by Gasteiger charge is -2.32. The molecule has 1 aromatic carbocycles. The summed E-state index contributed by atoms with van der Waals surface area (Å²) in [6, 6.07) is 7.63. The Morgan fingerprint density at radius 3 is 2.19 bits per heavy atom. The number of piperidine rings is 1. The molecule has 0 saturated carbocycles. The van der Waals surface area contributed by atoms with Gasteiger partial charge in [0.15, 0.2) is 0 Å². The molecule has 1 fully saturated rings. The number of carbonyl (C=O) groups excluding carboxylic acids is 1. The van der Waals surface area contributed by atoms with E-state index in [1.165, 1.54) is 14.2 Å². The Morgan fingerprint density at radius 1 is 1.15 bits per heavy atom. The van der Waals surface area contributed by atoms with Crippen LogP contribution in [0.15, 0.2) is 24.3 Å². The number of benzene rings is 1. The lowest BCUT2D eigenvalue weighted by molar-refractivity contribution is 0.238. The minimum Gasteiger partial charge on any atom is -0.338 e. The fourth-order valence-electron chi connectivity index (χ4n) is 3.04. The minimum atomic E-state index is -3.34. The van der Waals surface area contributed by atoms with Crippen molar-refractivity contribution in [2.45, 2.75) is 39.0 Å². The van der Waals surface area contributed by atoms with Crippen molar-refractivity contribution >= 4 is 21.9 Å². The monoisotopic (exact) mass is 396 g/mol. The number of hydrogen-bond acceptors (Lipinski definition) is 3. The summed E-state index contributed by atoms with van der Waals surface area (Å²) in [5, 5.41) is 5.74. The van der Waals surface area contributed by atoms with E-state index >= 15 is 0 Å². The molecule has 2 N–H and O–H groups in total. The first-order chi connectivity index (χ1) is 12.5. The van der Waals surface area contributed by atoms with Gasteiger partial charge >= 0.3 is 6.03 Å². The highest BCUT2D eigenvalue weighted by Crippen LogP contribution is 2.23. The van der Waals surface area contributed by atoms with Crippen LogP contribution in [-0.4, -0.2) is 56.8 Å². The minimum absolute atomic E-state index is 0.0791. The van der Waals surface area contributed by atoms with Gasteiger partial charge in [-0.2, -0.15) is 17.0 Å². The second-order valence-electron chi connectivity index (χ2n) is 8.29. The number of nitrogens with one attached hydrogen (secondary N) is 2. The van der Waals surface area contributed by atoms with E-state index in [4.69, 9.17) is 0 Å². The van der Waals surface area contributed by atoms with Crippen LogP contribution in [0.25, 0.3) is 0 Å². The zero-order valence-corrected chi connectivity index (χ0v) is 17.8. The van der Waals surface area contributed by atoms with E-state index < -0.39 is 10.2 Å². The van der Waals surface area contributed by atoms with Crippen LogP contribution in [-0.2, 0) is 15.6 Å². The van der Waals surface area contributed by atoms with Crippen molar-refractivity contribution in [1.29, 1.82) is 0 Å². The predicted octanol–water partition coefficient (Wildman–Crippen LogP) is 2.62. The Kier molecular flexibility index (Phi) is 6.88.